The Balaban J connectivity index is 1.39. The van der Waals surface area contributed by atoms with Crippen LogP contribution in [0.1, 0.15) is 62.5 Å². The van der Waals surface area contributed by atoms with Gasteiger partial charge in [0.25, 0.3) is 0 Å². The zero-order valence-corrected chi connectivity index (χ0v) is 23.7. The molecule has 2 atom stereocenters. The third-order valence-electron chi connectivity index (χ3n) is 8.46. The van der Waals surface area contributed by atoms with Crippen LogP contribution in [0.4, 0.5) is 0 Å². The van der Waals surface area contributed by atoms with E-state index in [0.29, 0.717) is 22.3 Å². The average Bonchev–Trinajstić information content (AvgIpc) is 3.76. The van der Waals surface area contributed by atoms with Gasteiger partial charge >= 0.3 is 5.76 Å². The third-order valence-corrected chi connectivity index (χ3v) is 8.67. The van der Waals surface area contributed by atoms with Crippen molar-refractivity contribution in [2.24, 2.45) is 18.9 Å². The van der Waals surface area contributed by atoms with E-state index in [0.717, 1.165) is 53.5 Å². The predicted molar refractivity (Wildman–Crippen MR) is 152 cm³/mol. The number of aromatic nitrogens is 9. The van der Waals surface area contributed by atoms with Gasteiger partial charge in [-0.3, -0.25) is 19.2 Å². The van der Waals surface area contributed by atoms with Crippen LogP contribution in [0.25, 0.3) is 33.8 Å². The number of aromatic amines is 1. The van der Waals surface area contributed by atoms with Gasteiger partial charge in [0, 0.05) is 50.2 Å². The second-order valence-electron chi connectivity index (χ2n) is 11.5. The number of hydrogen-bond donors (Lipinski definition) is 2. The maximum Gasteiger partial charge on any atom is 0.439 e. The van der Waals surface area contributed by atoms with Crippen molar-refractivity contribution in [2.75, 3.05) is 6.54 Å². The highest BCUT2D eigenvalue weighted by Gasteiger charge is 2.34. The van der Waals surface area contributed by atoms with Gasteiger partial charge in [-0.05, 0) is 43.2 Å². The summed E-state index contributed by atoms with van der Waals surface area (Å²) in [5.74, 6) is 2.09. The highest BCUT2D eigenvalue weighted by atomic mass is 35.5. The first-order chi connectivity index (χ1) is 19.9. The molecular weight excluding hydrogens is 544 g/mol. The second-order valence-corrected chi connectivity index (χ2v) is 11.9. The molecule has 41 heavy (non-hydrogen) atoms. The SMILES string of the molecule is Cn1cc(C2CC(c3nc4cc(-c5noc(=O)[nH]5)nc(-c5cncc(Cl)c5)c4n3C[C@H]3CC[C@H](C)CC3)CN2)nn1. The van der Waals surface area contributed by atoms with Gasteiger partial charge in [-0.25, -0.2) is 14.8 Å². The summed E-state index contributed by atoms with van der Waals surface area (Å²) < 4.78 is 8.90. The molecule has 13 heteroatoms. The van der Waals surface area contributed by atoms with Crippen LogP contribution in [0.2, 0.25) is 5.02 Å². The van der Waals surface area contributed by atoms with Crippen molar-refractivity contribution < 1.29 is 4.52 Å². The normalized spacial score (nSPS) is 23.0. The lowest BCUT2D eigenvalue weighted by Crippen LogP contribution is -2.21. The molecule has 0 aromatic carbocycles. The number of pyridine rings is 2. The standard InChI is InChI=1S/C28H31ClN10O2/c1-15-3-5-16(6-4-15)13-39-25-21(33-27(39)18-8-20(31-11-18)23-14-38(2)37-35-23)9-22(26-34-28(40)41-36-26)32-24(25)17-7-19(29)12-30-10-17/h7,9-10,12,14-16,18,20,31H,3-6,8,11,13H2,1-2H3,(H,34,36,40)/t15-,16-,18?,20?. The van der Waals surface area contributed by atoms with Crippen molar-refractivity contribution >= 4 is 22.6 Å². The van der Waals surface area contributed by atoms with Gasteiger partial charge in [0.2, 0.25) is 5.82 Å². The van der Waals surface area contributed by atoms with Crippen LogP contribution < -0.4 is 11.1 Å². The summed E-state index contributed by atoms with van der Waals surface area (Å²) in [5.41, 5.74) is 4.56. The molecule has 0 radical (unpaired) electrons. The topological polar surface area (TPSA) is 145 Å². The van der Waals surface area contributed by atoms with E-state index in [9.17, 15) is 4.79 Å². The van der Waals surface area contributed by atoms with Gasteiger partial charge in [0.05, 0.1) is 33.5 Å². The molecule has 2 unspecified atom stereocenters. The summed E-state index contributed by atoms with van der Waals surface area (Å²) in [4.78, 5) is 29.0. The molecule has 5 aromatic heterocycles. The van der Waals surface area contributed by atoms with Crippen LogP contribution >= 0.6 is 11.6 Å². The van der Waals surface area contributed by atoms with Crippen molar-refractivity contribution in [3.63, 3.8) is 0 Å². The monoisotopic (exact) mass is 574 g/mol. The van der Waals surface area contributed by atoms with Gasteiger partial charge < -0.3 is 9.88 Å². The van der Waals surface area contributed by atoms with Gasteiger partial charge in [0.15, 0.2) is 0 Å². The highest BCUT2D eigenvalue weighted by molar-refractivity contribution is 6.30. The molecule has 1 aliphatic carbocycles. The van der Waals surface area contributed by atoms with E-state index in [1.54, 1.807) is 17.1 Å². The minimum Gasteiger partial charge on any atom is -0.326 e. The van der Waals surface area contributed by atoms with E-state index >= 15 is 0 Å². The Bertz CT molecular complexity index is 1760. The van der Waals surface area contributed by atoms with Crippen LogP contribution in [-0.2, 0) is 13.6 Å². The summed E-state index contributed by atoms with van der Waals surface area (Å²) in [6, 6.07) is 3.82. The molecule has 12 nitrogen and oxygen atoms in total. The van der Waals surface area contributed by atoms with Crippen LogP contribution in [-0.4, -0.2) is 51.2 Å². The molecule has 0 bridgehead atoms. The number of aryl methyl sites for hydroxylation is 1. The molecule has 1 aliphatic heterocycles. The quantitative estimate of drug-likeness (QED) is 0.303. The van der Waals surface area contributed by atoms with E-state index in [1.807, 2.05) is 25.4 Å². The molecule has 2 aliphatic rings. The summed E-state index contributed by atoms with van der Waals surface area (Å²) in [7, 11) is 1.88. The van der Waals surface area contributed by atoms with E-state index in [-0.39, 0.29) is 17.8 Å². The first kappa shape index (κ1) is 26.0. The Morgan fingerprint density at radius 3 is 2.73 bits per heavy atom. The number of imidazole rings is 1. The van der Waals surface area contributed by atoms with Crippen molar-refractivity contribution in [3.05, 3.63) is 57.8 Å². The summed E-state index contributed by atoms with van der Waals surface area (Å²) in [6.45, 7) is 3.97. The van der Waals surface area contributed by atoms with Crippen LogP contribution in [0.5, 0.6) is 0 Å². The number of rotatable bonds is 6. The van der Waals surface area contributed by atoms with Crippen LogP contribution in [0, 0.1) is 11.8 Å². The van der Waals surface area contributed by atoms with E-state index in [1.165, 1.54) is 25.7 Å². The molecule has 6 heterocycles. The lowest BCUT2D eigenvalue weighted by molar-refractivity contribution is 0.264. The number of H-pyrrole nitrogens is 1. The lowest BCUT2D eigenvalue weighted by Gasteiger charge is -2.28. The first-order valence-corrected chi connectivity index (χ1v) is 14.5. The second kappa shape index (κ2) is 10.5. The number of nitrogens with zero attached hydrogens (tertiary/aromatic N) is 8. The Labute approximate surface area is 240 Å². The van der Waals surface area contributed by atoms with Gasteiger partial charge in [-0.2, -0.15) is 0 Å². The zero-order chi connectivity index (χ0) is 28.1. The molecule has 0 amide bonds. The predicted octanol–water partition coefficient (Wildman–Crippen LogP) is 4.26. The molecule has 2 fully saturated rings. The summed E-state index contributed by atoms with van der Waals surface area (Å²) in [5, 5.41) is 16.5. The van der Waals surface area contributed by atoms with E-state index in [4.69, 9.17) is 26.1 Å². The van der Waals surface area contributed by atoms with Gasteiger partial charge in [0.1, 0.15) is 11.5 Å². The Hall–Kier alpha value is -3.90. The summed E-state index contributed by atoms with van der Waals surface area (Å²) >= 11 is 6.39. The van der Waals surface area contributed by atoms with E-state index < -0.39 is 5.76 Å². The largest absolute Gasteiger partial charge is 0.439 e. The fourth-order valence-electron chi connectivity index (χ4n) is 6.33. The molecule has 1 saturated heterocycles. The molecule has 0 spiro atoms. The first-order valence-electron chi connectivity index (χ1n) is 14.1. The molecule has 2 N–H and O–H groups in total. The maximum atomic E-state index is 11.8. The number of nitrogens with one attached hydrogen (secondary N) is 2. The van der Waals surface area contributed by atoms with Gasteiger partial charge in [-0.15, -0.1) is 5.10 Å². The molecule has 212 valence electrons. The number of fused-ring (bicyclic) bond motifs is 1. The lowest BCUT2D eigenvalue weighted by atomic mass is 9.83. The highest BCUT2D eigenvalue weighted by Crippen LogP contribution is 2.39. The Kier molecular flexibility index (Phi) is 6.66. The van der Waals surface area contributed by atoms with E-state index in [2.05, 4.69) is 42.2 Å². The fraction of sp³-hybridized carbons (Fsp3) is 0.464. The average molecular weight is 575 g/mol. The minimum absolute atomic E-state index is 0.1000. The van der Waals surface area contributed by atoms with Crippen molar-refractivity contribution in [2.45, 2.75) is 57.5 Å². The van der Waals surface area contributed by atoms with Crippen LogP contribution in [0.15, 0.2) is 40.0 Å². The number of halogens is 1. The van der Waals surface area contributed by atoms with Crippen molar-refractivity contribution in [3.8, 4) is 22.8 Å². The maximum absolute atomic E-state index is 11.8. The third kappa shape index (κ3) is 5.06. The Morgan fingerprint density at radius 2 is 2.00 bits per heavy atom. The van der Waals surface area contributed by atoms with Gasteiger partial charge in [-0.1, -0.05) is 41.7 Å². The fourth-order valence-corrected chi connectivity index (χ4v) is 6.50. The zero-order valence-electron chi connectivity index (χ0n) is 22.9. The summed E-state index contributed by atoms with van der Waals surface area (Å²) in [6.07, 6.45) is 11.0. The smallest absolute Gasteiger partial charge is 0.326 e. The van der Waals surface area contributed by atoms with Crippen molar-refractivity contribution in [1.82, 2.24) is 50.0 Å². The number of hydrogen-bond acceptors (Lipinski definition) is 9. The molecule has 5 aromatic rings. The van der Waals surface area contributed by atoms with Crippen molar-refractivity contribution in [1.29, 1.82) is 0 Å². The molecule has 1 saturated carbocycles. The molecule has 7 rings (SSSR count). The minimum atomic E-state index is -0.641. The van der Waals surface area contributed by atoms with Crippen LogP contribution in [0.3, 0.4) is 0 Å². The Morgan fingerprint density at radius 1 is 1.15 bits per heavy atom. The molecular formula is C28H31ClN10O2.